The lowest BCUT2D eigenvalue weighted by Crippen LogP contribution is -2.48. The molecule has 104 valence electrons. The van der Waals surface area contributed by atoms with Crippen molar-refractivity contribution in [2.75, 3.05) is 19.8 Å². The van der Waals surface area contributed by atoms with Gasteiger partial charge in [0, 0.05) is 12.1 Å². The number of amides is 1. The van der Waals surface area contributed by atoms with Crippen LogP contribution in [0.3, 0.4) is 0 Å². The van der Waals surface area contributed by atoms with Crippen LogP contribution in [0, 0.1) is 6.92 Å². The zero-order valence-electron chi connectivity index (χ0n) is 10.9. The third-order valence-corrected chi connectivity index (χ3v) is 3.93. The summed E-state index contributed by atoms with van der Waals surface area (Å²) in [6.07, 6.45) is 0.858. The van der Waals surface area contributed by atoms with Crippen LogP contribution in [0.25, 0.3) is 0 Å². The van der Waals surface area contributed by atoms with Gasteiger partial charge in [0.05, 0.1) is 19.3 Å². The SMILES string of the molecule is CCC1COCCN1C(=O)c1cc(Cl)nc(Cl)c1C. The van der Waals surface area contributed by atoms with Crippen LogP contribution in [-0.4, -0.2) is 41.6 Å². The van der Waals surface area contributed by atoms with E-state index >= 15 is 0 Å². The van der Waals surface area contributed by atoms with Crippen molar-refractivity contribution in [2.24, 2.45) is 0 Å². The number of ether oxygens (including phenoxy) is 1. The molecule has 2 rings (SSSR count). The molecule has 1 aliphatic rings. The molecule has 1 fully saturated rings. The minimum absolute atomic E-state index is 0.0566. The van der Waals surface area contributed by atoms with Crippen molar-refractivity contribution < 1.29 is 9.53 Å². The first kappa shape index (κ1) is 14.6. The molecule has 19 heavy (non-hydrogen) atoms. The highest BCUT2D eigenvalue weighted by molar-refractivity contribution is 6.33. The molecule has 1 aromatic heterocycles. The van der Waals surface area contributed by atoms with Crippen LogP contribution < -0.4 is 0 Å². The average Bonchev–Trinajstić information content (AvgIpc) is 2.42. The Morgan fingerprint density at radius 3 is 3.00 bits per heavy atom. The molecule has 0 aromatic carbocycles. The largest absolute Gasteiger partial charge is 0.377 e. The summed E-state index contributed by atoms with van der Waals surface area (Å²) >= 11 is 11.9. The van der Waals surface area contributed by atoms with Gasteiger partial charge in [0.1, 0.15) is 10.3 Å². The molecule has 1 aliphatic heterocycles. The number of pyridine rings is 1. The van der Waals surface area contributed by atoms with Crippen molar-refractivity contribution in [3.05, 3.63) is 27.5 Å². The molecule has 0 radical (unpaired) electrons. The summed E-state index contributed by atoms with van der Waals surface area (Å²) in [5.74, 6) is -0.0566. The summed E-state index contributed by atoms with van der Waals surface area (Å²) in [5, 5.41) is 0.511. The molecule has 1 unspecified atom stereocenters. The van der Waals surface area contributed by atoms with Crippen LogP contribution in [0.2, 0.25) is 10.3 Å². The van der Waals surface area contributed by atoms with E-state index in [1.807, 2.05) is 11.8 Å². The Hall–Kier alpha value is -0.840. The number of aromatic nitrogens is 1. The fraction of sp³-hybridized carbons (Fsp3) is 0.538. The van der Waals surface area contributed by atoms with E-state index in [2.05, 4.69) is 4.98 Å². The Kier molecular flexibility index (Phi) is 4.66. The van der Waals surface area contributed by atoms with E-state index in [0.717, 1.165) is 6.42 Å². The van der Waals surface area contributed by atoms with E-state index in [0.29, 0.717) is 30.9 Å². The highest BCUT2D eigenvalue weighted by Gasteiger charge is 2.28. The first-order valence-corrected chi connectivity index (χ1v) is 7.01. The van der Waals surface area contributed by atoms with Crippen molar-refractivity contribution >= 4 is 29.1 Å². The molecular weight excluding hydrogens is 287 g/mol. The third-order valence-electron chi connectivity index (χ3n) is 3.37. The minimum Gasteiger partial charge on any atom is -0.377 e. The number of hydrogen-bond donors (Lipinski definition) is 0. The van der Waals surface area contributed by atoms with Gasteiger partial charge in [0.2, 0.25) is 0 Å². The number of halogens is 2. The summed E-state index contributed by atoms with van der Waals surface area (Å²) in [6.45, 7) is 5.55. The first-order valence-electron chi connectivity index (χ1n) is 6.26. The Balaban J connectivity index is 2.33. The Labute approximate surface area is 122 Å². The van der Waals surface area contributed by atoms with Gasteiger partial charge in [0.15, 0.2) is 0 Å². The van der Waals surface area contributed by atoms with Crippen LogP contribution in [0.1, 0.15) is 29.3 Å². The second-order valence-electron chi connectivity index (χ2n) is 4.54. The molecule has 1 amide bonds. The van der Waals surface area contributed by atoms with E-state index in [-0.39, 0.29) is 22.3 Å². The van der Waals surface area contributed by atoms with E-state index < -0.39 is 0 Å². The Morgan fingerprint density at radius 1 is 1.58 bits per heavy atom. The summed E-state index contributed by atoms with van der Waals surface area (Å²) in [6, 6.07) is 1.68. The molecule has 6 heteroatoms. The van der Waals surface area contributed by atoms with Gasteiger partial charge in [0.25, 0.3) is 5.91 Å². The van der Waals surface area contributed by atoms with Gasteiger partial charge in [-0.05, 0) is 25.0 Å². The van der Waals surface area contributed by atoms with Gasteiger partial charge in [-0.3, -0.25) is 4.79 Å². The molecule has 0 N–H and O–H groups in total. The lowest BCUT2D eigenvalue weighted by atomic mass is 10.1. The number of rotatable bonds is 2. The maximum atomic E-state index is 12.6. The number of hydrogen-bond acceptors (Lipinski definition) is 3. The van der Waals surface area contributed by atoms with Gasteiger partial charge in [-0.15, -0.1) is 0 Å². The van der Waals surface area contributed by atoms with E-state index in [9.17, 15) is 4.79 Å². The molecular formula is C13H16Cl2N2O2. The predicted molar refractivity (Wildman–Crippen MR) is 74.9 cm³/mol. The standard InChI is InChI=1S/C13H16Cl2N2O2/c1-3-9-7-19-5-4-17(9)13(18)10-6-11(14)16-12(15)8(10)2/h6,9H,3-5,7H2,1-2H3. The first-order chi connectivity index (χ1) is 9.04. The van der Waals surface area contributed by atoms with E-state index in [1.165, 1.54) is 0 Å². The van der Waals surface area contributed by atoms with Gasteiger partial charge in [-0.1, -0.05) is 30.1 Å². The summed E-state index contributed by atoms with van der Waals surface area (Å²) in [5.41, 5.74) is 1.18. The van der Waals surface area contributed by atoms with Gasteiger partial charge in [-0.25, -0.2) is 4.98 Å². The van der Waals surface area contributed by atoms with Crippen molar-refractivity contribution in [2.45, 2.75) is 26.3 Å². The second kappa shape index (κ2) is 6.07. The summed E-state index contributed by atoms with van der Waals surface area (Å²) in [7, 11) is 0. The average molecular weight is 303 g/mol. The molecule has 1 aromatic rings. The predicted octanol–water partition coefficient (Wildman–Crippen LogP) is 2.95. The minimum atomic E-state index is -0.0566. The maximum Gasteiger partial charge on any atom is 0.254 e. The van der Waals surface area contributed by atoms with E-state index in [1.54, 1.807) is 13.0 Å². The molecule has 0 saturated carbocycles. The van der Waals surface area contributed by atoms with Gasteiger partial charge in [-0.2, -0.15) is 0 Å². The number of carbonyl (C=O) groups is 1. The smallest absolute Gasteiger partial charge is 0.254 e. The molecule has 0 spiro atoms. The molecule has 2 heterocycles. The highest BCUT2D eigenvalue weighted by atomic mass is 35.5. The van der Waals surface area contributed by atoms with Crippen LogP contribution in [0.4, 0.5) is 0 Å². The maximum absolute atomic E-state index is 12.6. The van der Waals surface area contributed by atoms with Crippen LogP contribution in [0.5, 0.6) is 0 Å². The summed E-state index contributed by atoms with van der Waals surface area (Å²) in [4.78, 5) is 18.4. The lowest BCUT2D eigenvalue weighted by molar-refractivity contribution is -0.00284. The zero-order chi connectivity index (χ0) is 14.0. The fourth-order valence-corrected chi connectivity index (χ4v) is 2.62. The normalized spacial score (nSPS) is 19.6. The molecule has 1 saturated heterocycles. The Bertz CT molecular complexity index is 494. The third kappa shape index (κ3) is 3.02. The van der Waals surface area contributed by atoms with Gasteiger partial charge < -0.3 is 9.64 Å². The van der Waals surface area contributed by atoms with Crippen molar-refractivity contribution in [3.8, 4) is 0 Å². The van der Waals surface area contributed by atoms with Crippen LogP contribution in [-0.2, 0) is 4.74 Å². The number of morpholine rings is 1. The molecule has 4 nitrogen and oxygen atoms in total. The van der Waals surface area contributed by atoms with Crippen molar-refractivity contribution in [1.29, 1.82) is 0 Å². The highest BCUT2D eigenvalue weighted by Crippen LogP contribution is 2.24. The monoisotopic (exact) mass is 302 g/mol. The van der Waals surface area contributed by atoms with Crippen LogP contribution >= 0.6 is 23.2 Å². The Morgan fingerprint density at radius 2 is 2.32 bits per heavy atom. The molecule has 0 aliphatic carbocycles. The van der Waals surface area contributed by atoms with Gasteiger partial charge >= 0.3 is 0 Å². The summed E-state index contributed by atoms with van der Waals surface area (Å²) < 4.78 is 5.41. The van der Waals surface area contributed by atoms with Crippen LogP contribution in [0.15, 0.2) is 6.07 Å². The zero-order valence-corrected chi connectivity index (χ0v) is 12.5. The fourth-order valence-electron chi connectivity index (χ4n) is 2.19. The van der Waals surface area contributed by atoms with Crippen molar-refractivity contribution in [1.82, 2.24) is 9.88 Å². The number of carbonyl (C=O) groups excluding carboxylic acids is 1. The lowest BCUT2D eigenvalue weighted by Gasteiger charge is -2.35. The second-order valence-corrected chi connectivity index (χ2v) is 5.29. The molecule has 1 atom stereocenters. The quantitative estimate of drug-likeness (QED) is 0.789. The number of nitrogens with zero attached hydrogens (tertiary/aromatic N) is 2. The topological polar surface area (TPSA) is 42.4 Å². The molecule has 0 bridgehead atoms. The van der Waals surface area contributed by atoms with E-state index in [4.69, 9.17) is 27.9 Å². The van der Waals surface area contributed by atoms with Crippen molar-refractivity contribution in [3.63, 3.8) is 0 Å².